The topological polar surface area (TPSA) is 87.6 Å². The van der Waals surface area contributed by atoms with E-state index in [0.29, 0.717) is 41.1 Å². The van der Waals surface area contributed by atoms with Crippen LogP contribution in [0.25, 0.3) is 22.2 Å². The number of aromatic hydroxyl groups is 1. The lowest BCUT2D eigenvalue weighted by Crippen LogP contribution is -2.40. The van der Waals surface area contributed by atoms with E-state index in [1.165, 1.54) is 11.6 Å². The Kier molecular flexibility index (Phi) is 5.36. The van der Waals surface area contributed by atoms with E-state index in [4.69, 9.17) is 9.47 Å². The minimum absolute atomic E-state index is 0.0185. The number of benzene rings is 2. The van der Waals surface area contributed by atoms with Crippen molar-refractivity contribution in [3.8, 4) is 22.8 Å². The third-order valence-electron chi connectivity index (χ3n) is 6.73. The lowest BCUT2D eigenvalue weighted by atomic mass is 9.97. The number of aromatic nitrogens is 3. The molecule has 1 aliphatic heterocycles. The van der Waals surface area contributed by atoms with Gasteiger partial charge in [-0.05, 0) is 32.4 Å². The lowest BCUT2D eigenvalue weighted by Gasteiger charge is -2.39. The molecule has 1 aliphatic rings. The average molecular weight is 476 g/mol. The minimum atomic E-state index is -0.721. The van der Waals surface area contributed by atoms with Crippen LogP contribution in [0.1, 0.15) is 38.1 Å². The van der Waals surface area contributed by atoms with Crippen LogP contribution in [0.2, 0.25) is 0 Å². The van der Waals surface area contributed by atoms with Crippen LogP contribution in [0.5, 0.6) is 11.5 Å². The fourth-order valence-corrected chi connectivity index (χ4v) is 5.13. The zero-order chi connectivity index (χ0) is 25.1. The van der Waals surface area contributed by atoms with Crippen molar-refractivity contribution in [1.82, 2.24) is 13.7 Å². The summed E-state index contributed by atoms with van der Waals surface area (Å²) in [6.07, 6.45) is -0.721. The summed E-state index contributed by atoms with van der Waals surface area (Å²) in [6.45, 7) is 6.66. The van der Waals surface area contributed by atoms with Crippen LogP contribution < -0.4 is 16.0 Å². The molecule has 2 aromatic carbocycles. The molecule has 0 spiro atoms. The van der Waals surface area contributed by atoms with Gasteiger partial charge in [-0.1, -0.05) is 42.5 Å². The van der Waals surface area contributed by atoms with E-state index in [1.807, 2.05) is 51.1 Å². The van der Waals surface area contributed by atoms with Gasteiger partial charge in [0, 0.05) is 19.7 Å². The number of para-hydroxylation sites is 1. The molecule has 182 valence electrons. The van der Waals surface area contributed by atoms with Gasteiger partial charge >= 0.3 is 5.69 Å². The molecule has 35 heavy (non-hydrogen) atoms. The van der Waals surface area contributed by atoms with Crippen molar-refractivity contribution in [3.63, 3.8) is 0 Å². The fourth-order valence-electron chi connectivity index (χ4n) is 5.13. The van der Waals surface area contributed by atoms with Gasteiger partial charge in [0.2, 0.25) is 0 Å². The first kappa shape index (κ1) is 23.0. The van der Waals surface area contributed by atoms with E-state index in [1.54, 1.807) is 25.2 Å². The number of fused-ring (bicyclic) bond motifs is 3. The normalized spacial score (nSPS) is 16.9. The quantitative estimate of drug-likeness (QED) is 0.487. The summed E-state index contributed by atoms with van der Waals surface area (Å²) >= 11 is 0. The first-order chi connectivity index (χ1) is 16.7. The van der Waals surface area contributed by atoms with Gasteiger partial charge in [0.05, 0.1) is 41.0 Å². The molecule has 1 N–H and O–H groups in total. The summed E-state index contributed by atoms with van der Waals surface area (Å²) in [7, 11) is 3.15. The SMILES string of the molecule is CCOc1cccc([C@@H]2OCC(C)(C)n3c(-c4ccccc4)c4c(=O)n(C)c(=O)n(C)c4c32)c1O. The number of nitrogens with zero attached hydrogens (tertiary/aromatic N) is 3. The van der Waals surface area contributed by atoms with Crippen molar-refractivity contribution in [2.75, 3.05) is 13.2 Å². The molecule has 0 aliphatic carbocycles. The highest BCUT2D eigenvalue weighted by atomic mass is 16.5. The van der Waals surface area contributed by atoms with Crippen molar-refractivity contribution in [2.45, 2.75) is 32.4 Å². The van der Waals surface area contributed by atoms with Crippen LogP contribution in [-0.2, 0) is 24.4 Å². The van der Waals surface area contributed by atoms with Crippen molar-refractivity contribution in [2.24, 2.45) is 14.1 Å². The zero-order valence-corrected chi connectivity index (χ0v) is 20.5. The second kappa shape index (κ2) is 8.16. The molecule has 4 aromatic rings. The summed E-state index contributed by atoms with van der Waals surface area (Å²) in [5, 5.41) is 11.5. The summed E-state index contributed by atoms with van der Waals surface area (Å²) < 4.78 is 16.7. The molecule has 5 rings (SSSR count). The Labute approximate surface area is 202 Å². The Balaban J connectivity index is 1.97. The van der Waals surface area contributed by atoms with Gasteiger partial charge in [0.1, 0.15) is 6.10 Å². The molecule has 0 saturated heterocycles. The highest BCUT2D eigenvalue weighted by Gasteiger charge is 2.41. The van der Waals surface area contributed by atoms with Crippen molar-refractivity contribution >= 4 is 10.9 Å². The molecule has 2 aromatic heterocycles. The Morgan fingerprint density at radius 3 is 2.46 bits per heavy atom. The first-order valence-corrected chi connectivity index (χ1v) is 11.7. The van der Waals surface area contributed by atoms with Crippen LogP contribution >= 0.6 is 0 Å². The Bertz CT molecular complexity index is 1560. The number of hydrogen-bond acceptors (Lipinski definition) is 5. The molecule has 0 unspecified atom stereocenters. The highest BCUT2D eigenvalue weighted by Crippen LogP contribution is 2.48. The van der Waals surface area contributed by atoms with Crippen LogP contribution in [0.4, 0.5) is 0 Å². The lowest BCUT2D eigenvalue weighted by molar-refractivity contribution is -0.00812. The molecule has 0 amide bonds. The van der Waals surface area contributed by atoms with E-state index in [0.717, 1.165) is 15.8 Å². The van der Waals surface area contributed by atoms with Gasteiger partial charge in [0.15, 0.2) is 11.5 Å². The van der Waals surface area contributed by atoms with E-state index < -0.39 is 17.3 Å². The smallest absolute Gasteiger partial charge is 0.331 e. The number of phenolic OH excluding ortho intramolecular Hbond substituents is 1. The second-order valence-corrected chi connectivity index (χ2v) is 9.50. The molecule has 0 fully saturated rings. The number of rotatable bonds is 4. The molecule has 0 radical (unpaired) electrons. The van der Waals surface area contributed by atoms with Crippen molar-refractivity contribution in [3.05, 3.63) is 80.6 Å². The molecule has 0 saturated carbocycles. The average Bonchev–Trinajstić information content (AvgIpc) is 3.22. The Morgan fingerprint density at radius 1 is 1.06 bits per heavy atom. The van der Waals surface area contributed by atoms with Crippen LogP contribution in [-0.4, -0.2) is 32.0 Å². The number of aryl methyl sites for hydroxylation is 1. The number of phenols is 1. The standard InChI is InChI=1S/C27H29N3O5/c1-6-34-18-14-10-13-17(23(18)31)24-22-21-19(25(32)29(5)26(33)28(21)4)20(16-11-8-7-9-12-16)30(22)27(2,3)15-35-24/h7-14,24,31H,6,15H2,1-5H3/t24-/m0/s1. The predicted octanol–water partition coefficient (Wildman–Crippen LogP) is 3.66. The van der Waals surface area contributed by atoms with Gasteiger partial charge in [0.25, 0.3) is 5.56 Å². The van der Waals surface area contributed by atoms with Gasteiger partial charge in [-0.3, -0.25) is 13.9 Å². The summed E-state index contributed by atoms with van der Waals surface area (Å²) in [6, 6.07) is 15.0. The van der Waals surface area contributed by atoms with Gasteiger partial charge in [-0.15, -0.1) is 0 Å². The van der Waals surface area contributed by atoms with E-state index in [9.17, 15) is 14.7 Å². The third-order valence-corrected chi connectivity index (χ3v) is 6.73. The Hall–Kier alpha value is -3.78. The van der Waals surface area contributed by atoms with Crippen LogP contribution in [0, 0.1) is 0 Å². The monoisotopic (exact) mass is 475 g/mol. The predicted molar refractivity (Wildman–Crippen MR) is 134 cm³/mol. The molecule has 8 heteroatoms. The maximum atomic E-state index is 13.6. The zero-order valence-electron chi connectivity index (χ0n) is 20.5. The highest BCUT2D eigenvalue weighted by molar-refractivity contribution is 5.96. The Morgan fingerprint density at radius 2 is 1.77 bits per heavy atom. The van der Waals surface area contributed by atoms with Crippen molar-refractivity contribution in [1.29, 1.82) is 0 Å². The molecular formula is C27H29N3O5. The fraction of sp³-hybridized carbons (Fsp3) is 0.333. The molecular weight excluding hydrogens is 446 g/mol. The molecule has 0 bridgehead atoms. The van der Waals surface area contributed by atoms with Gasteiger partial charge in [-0.2, -0.15) is 0 Å². The van der Waals surface area contributed by atoms with E-state index in [2.05, 4.69) is 4.57 Å². The number of hydrogen-bond donors (Lipinski definition) is 1. The summed E-state index contributed by atoms with van der Waals surface area (Å²) in [4.78, 5) is 26.7. The van der Waals surface area contributed by atoms with Gasteiger partial charge < -0.3 is 19.1 Å². The maximum Gasteiger partial charge on any atom is 0.331 e. The van der Waals surface area contributed by atoms with Crippen molar-refractivity contribution < 1.29 is 14.6 Å². The first-order valence-electron chi connectivity index (χ1n) is 11.7. The molecule has 1 atom stereocenters. The van der Waals surface area contributed by atoms with E-state index >= 15 is 0 Å². The minimum Gasteiger partial charge on any atom is -0.504 e. The van der Waals surface area contributed by atoms with E-state index in [-0.39, 0.29) is 11.3 Å². The second-order valence-electron chi connectivity index (χ2n) is 9.50. The van der Waals surface area contributed by atoms with Crippen LogP contribution in [0.3, 0.4) is 0 Å². The van der Waals surface area contributed by atoms with Gasteiger partial charge in [-0.25, -0.2) is 4.79 Å². The molecule has 8 nitrogen and oxygen atoms in total. The summed E-state index contributed by atoms with van der Waals surface area (Å²) in [5.41, 5.74) is 1.92. The molecule has 3 heterocycles. The number of ether oxygens (including phenoxy) is 2. The largest absolute Gasteiger partial charge is 0.504 e. The third kappa shape index (κ3) is 3.31. The maximum absolute atomic E-state index is 13.6. The van der Waals surface area contributed by atoms with Crippen LogP contribution in [0.15, 0.2) is 58.1 Å². The summed E-state index contributed by atoms with van der Waals surface area (Å²) in [5.74, 6) is 0.337.